The van der Waals surface area contributed by atoms with Gasteiger partial charge < -0.3 is 5.32 Å². The first kappa shape index (κ1) is 14.1. The Morgan fingerprint density at radius 3 is 2.94 bits per heavy atom. The second-order valence-electron chi connectivity index (χ2n) is 4.89. The number of piperidine rings is 1. The van der Waals surface area contributed by atoms with Gasteiger partial charge in [-0.05, 0) is 38.1 Å². The molecular weight excluding hydrogens is 267 g/mol. The molecule has 0 radical (unpaired) electrons. The number of rotatable bonds is 4. The minimum absolute atomic E-state index is 0.610. The van der Waals surface area contributed by atoms with Gasteiger partial charge in [-0.1, -0.05) is 41.8 Å². The summed E-state index contributed by atoms with van der Waals surface area (Å²) in [6.45, 7) is 3.08. The van der Waals surface area contributed by atoms with Crippen LogP contribution >= 0.6 is 23.2 Å². The molecule has 1 heterocycles. The predicted octanol–water partition coefficient (Wildman–Crippen LogP) is 3.57. The van der Waals surface area contributed by atoms with Gasteiger partial charge in [0.1, 0.15) is 0 Å². The summed E-state index contributed by atoms with van der Waals surface area (Å²) < 4.78 is 0. The number of likely N-dealkylation sites (tertiary alicyclic amines) is 1. The van der Waals surface area contributed by atoms with Gasteiger partial charge in [0.15, 0.2) is 0 Å². The molecule has 0 aliphatic carbocycles. The monoisotopic (exact) mass is 286 g/mol. The second kappa shape index (κ2) is 6.76. The Labute approximate surface area is 119 Å². The van der Waals surface area contributed by atoms with Crippen molar-refractivity contribution in [3.63, 3.8) is 0 Å². The smallest absolute Gasteiger partial charge is 0.0637 e. The molecule has 2 nitrogen and oxygen atoms in total. The third-order valence-electron chi connectivity index (χ3n) is 3.59. The summed E-state index contributed by atoms with van der Waals surface area (Å²) in [5.74, 6) is 0. The molecule has 1 aromatic carbocycles. The number of nitrogens with one attached hydrogen (secondary N) is 1. The summed E-state index contributed by atoms with van der Waals surface area (Å²) in [6.07, 6.45) is 3.86. The van der Waals surface area contributed by atoms with Gasteiger partial charge in [-0.25, -0.2) is 0 Å². The van der Waals surface area contributed by atoms with Crippen LogP contribution in [-0.2, 0) is 6.54 Å². The van der Waals surface area contributed by atoms with Crippen LogP contribution in [0.5, 0.6) is 0 Å². The summed E-state index contributed by atoms with van der Waals surface area (Å²) in [5.41, 5.74) is 1.13. The molecule has 1 unspecified atom stereocenters. The van der Waals surface area contributed by atoms with E-state index in [0.29, 0.717) is 16.1 Å². The number of nitrogens with zero attached hydrogens (tertiary/aromatic N) is 1. The number of hydrogen-bond acceptors (Lipinski definition) is 2. The minimum Gasteiger partial charge on any atom is -0.318 e. The minimum atomic E-state index is 0.610. The Morgan fingerprint density at radius 2 is 2.17 bits per heavy atom. The van der Waals surface area contributed by atoms with Crippen molar-refractivity contribution in [1.82, 2.24) is 10.2 Å². The summed E-state index contributed by atoms with van der Waals surface area (Å²) >= 11 is 12.3. The van der Waals surface area contributed by atoms with E-state index in [0.717, 1.165) is 25.2 Å². The SMILES string of the molecule is CNCC1CCCCN1Cc1cccc(Cl)c1Cl. The lowest BCUT2D eigenvalue weighted by atomic mass is 10.0. The van der Waals surface area contributed by atoms with Crippen LogP contribution in [0.25, 0.3) is 0 Å². The van der Waals surface area contributed by atoms with Gasteiger partial charge in [0.05, 0.1) is 10.0 Å². The van der Waals surface area contributed by atoms with E-state index >= 15 is 0 Å². The molecule has 4 heteroatoms. The molecule has 100 valence electrons. The van der Waals surface area contributed by atoms with Gasteiger partial charge >= 0.3 is 0 Å². The Hall–Kier alpha value is -0.280. The Bertz CT molecular complexity index is 393. The Kier molecular flexibility index (Phi) is 5.31. The van der Waals surface area contributed by atoms with Crippen molar-refractivity contribution in [2.75, 3.05) is 20.1 Å². The van der Waals surface area contributed by atoms with E-state index in [2.05, 4.69) is 16.3 Å². The van der Waals surface area contributed by atoms with E-state index in [-0.39, 0.29) is 0 Å². The molecule has 1 N–H and O–H groups in total. The highest BCUT2D eigenvalue weighted by molar-refractivity contribution is 6.42. The number of benzene rings is 1. The Balaban J connectivity index is 2.08. The Morgan fingerprint density at radius 1 is 1.33 bits per heavy atom. The highest BCUT2D eigenvalue weighted by Crippen LogP contribution is 2.28. The molecule has 1 saturated heterocycles. The molecule has 1 aliphatic heterocycles. The quantitative estimate of drug-likeness (QED) is 0.910. The zero-order valence-electron chi connectivity index (χ0n) is 10.8. The molecule has 2 rings (SSSR count). The maximum atomic E-state index is 6.26. The zero-order chi connectivity index (χ0) is 13.0. The van der Waals surface area contributed by atoms with Crippen LogP contribution in [0.2, 0.25) is 10.0 Å². The first-order chi connectivity index (χ1) is 8.72. The predicted molar refractivity (Wildman–Crippen MR) is 78.4 cm³/mol. The van der Waals surface area contributed by atoms with Crippen LogP contribution in [0.4, 0.5) is 0 Å². The molecule has 1 aliphatic rings. The third-order valence-corrected chi connectivity index (χ3v) is 4.45. The van der Waals surface area contributed by atoms with Gasteiger partial charge in [-0.3, -0.25) is 4.90 Å². The van der Waals surface area contributed by atoms with Crippen molar-refractivity contribution in [1.29, 1.82) is 0 Å². The lowest BCUT2D eigenvalue weighted by Gasteiger charge is -2.36. The average molecular weight is 287 g/mol. The van der Waals surface area contributed by atoms with E-state index in [4.69, 9.17) is 23.2 Å². The summed E-state index contributed by atoms with van der Waals surface area (Å²) in [4.78, 5) is 2.51. The van der Waals surface area contributed by atoms with Crippen molar-refractivity contribution in [2.24, 2.45) is 0 Å². The molecule has 0 saturated carbocycles. The molecular formula is C14H20Cl2N2. The van der Waals surface area contributed by atoms with Crippen LogP contribution in [0.15, 0.2) is 18.2 Å². The lowest BCUT2D eigenvalue weighted by molar-refractivity contribution is 0.139. The fourth-order valence-corrected chi connectivity index (χ4v) is 3.00. The van der Waals surface area contributed by atoms with Crippen LogP contribution in [-0.4, -0.2) is 31.1 Å². The fourth-order valence-electron chi connectivity index (χ4n) is 2.62. The maximum absolute atomic E-state index is 6.26. The van der Waals surface area contributed by atoms with Crippen molar-refractivity contribution in [3.05, 3.63) is 33.8 Å². The fraction of sp³-hybridized carbons (Fsp3) is 0.571. The van der Waals surface area contributed by atoms with E-state index < -0.39 is 0 Å². The molecule has 18 heavy (non-hydrogen) atoms. The van der Waals surface area contributed by atoms with Crippen molar-refractivity contribution in [2.45, 2.75) is 31.8 Å². The average Bonchev–Trinajstić information content (AvgIpc) is 2.37. The molecule has 0 aromatic heterocycles. The van der Waals surface area contributed by atoms with Crippen molar-refractivity contribution in [3.8, 4) is 0 Å². The van der Waals surface area contributed by atoms with Gasteiger partial charge in [0.2, 0.25) is 0 Å². The van der Waals surface area contributed by atoms with Gasteiger partial charge in [-0.15, -0.1) is 0 Å². The summed E-state index contributed by atoms with van der Waals surface area (Å²) in [5, 5.41) is 4.63. The van der Waals surface area contributed by atoms with Gasteiger partial charge in [0, 0.05) is 19.1 Å². The standard InChI is InChI=1S/C14H20Cl2N2/c1-17-9-12-6-2-3-8-18(12)10-11-5-4-7-13(15)14(11)16/h4-5,7,12,17H,2-3,6,8-10H2,1H3. The van der Waals surface area contributed by atoms with E-state index in [1.165, 1.54) is 19.3 Å². The number of likely N-dealkylation sites (N-methyl/N-ethyl adjacent to an activating group) is 1. The molecule has 0 bridgehead atoms. The van der Waals surface area contributed by atoms with E-state index in [9.17, 15) is 0 Å². The molecule has 1 atom stereocenters. The summed E-state index contributed by atoms with van der Waals surface area (Å²) in [6, 6.07) is 6.49. The maximum Gasteiger partial charge on any atom is 0.0637 e. The van der Waals surface area contributed by atoms with E-state index in [1.807, 2.05) is 19.2 Å². The van der Waals surface area contributed by atoms with Crippen molar-refractivity contribution >= 4 is 23.2 Å². The van der Waals surface area contributed by atoms with Gasteiger partial charge in [0.25, 0.3) is 0 Å². The first-order valence-electron chi connectivity index (χ1n) is 6.54. The largest absolute Gasteiger partial charge is 0.318 e. The zero-order valence-corrected chi connectivity index (χ0v) is 12.3. The topological polar surface area (TPSA) is 15.3 Å². The van der Waals surface area contributed by atoms with E-state index in [1.54, 1.807) is 0 Å². The highest BCUT2D eigenvalue weighted by atomic mass is 35.5. The molecule has 1 aromatic rings. The van der Waals surface area contributed by atoms with Crippen LogP contribution in [0.1, 0.15) is 24.8 Å². The number of halogens is 2. The van der Waals surface area contributed by atoms with Crippen LogP contribution in [0.3, 0.4) is 0 Å². The second-order valence-corrected chi connectivity index (χ2v) is 5.68. The molecule has 0 amide bonds. The van der Waals surface area contributed by atoms with Crippen molar-refractivity contribution < 1.29 is 0 Å². The summed E-state index contributed by atoms with van der Waals surface area (Å²) in [7, 11) is 2.01. The lowest BCUT2D eigenvalue weighted by Crippen LogP contribution is -2.44. The highest BCUT2D eigenvalue weighted by Gasteiger charge is 2.22. The van der Waals surface area contributed by atoms with Gasteiger partial charge in [-0.2, -0.15) is 0 Å². The third kappa shape index (κ3) is 3.39. The van der Waals surface area contributed by atoms with Crippen LogP contribution in [0, 0.1) is 0 Å². The number of hydrogen-bond donors (Lipinski definition) is 1. The molecule has 1 fully saturated rings. The molecule has 0 spiro atoms. The normalized spacial score (nSPS) is 21.2. The first-order valence-corrected chi connectivity index (χ1v) is 7.29. The van der Waals surface area contributed by atoms with Crippen LogP contribution < -0.4 is 5.32 Å².